The second-order valence-electron chi connectivity index (χ2n) is 5.59. The Morgan fingerprint density at radius 2 is 2.15 bits per heavy atom. The standard InChI is InChI=1S/C16H24N2O2/c1-13(2)17-11-15-9-6-10-18(15)16(19)20-12-14-7-4-3-5-8-14/h3-5,7-8,13,15,17H,6,9-12H2,1-2H3/t15-/m1/s1. The molecule has 1 atom stereocenters. The third-order valence-electron chi connectivity index (χ3n) is 3.58. The van der Waals surface area contributed by atoms with Crippen molar-refractivity contribution >= 4 is 6.09 Å². The van der Waals surface area contributed by atoms with E-state index in [9.17, 15) is 4.79 Å². The monoisotopic (exact) mass is 276 g/mol. The molecule has 1 saturated heterocycles. The summed E-state index contributed by atoms with van der Waals surface area (Å²) < 4.78 is 5.41. The van der Waals surface area contributed by atoms with Crippen molar-refractivity contribution in [2.24, 2.45) is 0 Å². The van der Waals surface area contributed by atoms with Crippen LogP contribution in [0, 0.1) is 0 Å². The largest absolute Gasteiger partial charge is 0.445 e. The molecule has 1 aliphatic heterocycles. The topological polar surface area (TPSA) is 41.6 Å². The fraction of sp³-hybridized carbons (Fsp3) is 0.562. The molecule has 0 saturated carbocycles. The predicted molar refractivity (Wildman–Crippen MR) is 79.5 cm³/mol. The normalized spacial score (nSPS) is 18.6. The first-order chi connectivity index (χ1) is 9.66. The van der Waals surface area contributed by atoms with Crippen molar-refractivity contribution in [1.29, 1.82) is 0 Å². The average molecular weight is 276 g/mol. The molecule has 1 amide bonds. The third kappa shape index (κ3) is 4.23. The Labute approximate surface area is 121 Å². The summed E-state index contributed by atoms with van der Waals surface area (Å²) in [6.07, 6.45) is 1.92. The minimum atomic E-state index is -0.193. The van der Waals surface area contributed by atoms with Gasteiger partial charge in [0.05, 0.1) is 0 Å². The molecular formula is C16H24N2O2. The molecule has 20 heavy (non-hydrogen) atoms. The molecule has 1 heterocycles. The highest BCUT2D eigenvalue weighted by Crippen LogP contribution is 2.18. The van der Waals surface area contributed by atoms with E-state index in [0.717, 1.165) is 31.5 Å². The van der Waals surface area contributed by atoms with Gasteiger partial charge >= 0.3 is 6.09 Å². The Balaban J connectivity index is 1.81. The molecular weight excluding hydrogens is 252 g/mol. The molecule has 110 valence electrons. The van der Waals surface area contributed by atoms with Crippen LogP contribution in [-0.2, 0) is 11.3 Å². The van der Waals surface area contributed by atoms with Gasteiger partial charge in [0.25, 0.3) is 0 Å². The molecule has 1 fully saturated rings. The van der Waals surface area contributed by atoms with E-state index in [4.69, 9.17) is 4.74 Å². The van der Waals surface area contributed by atoms with Crippen molar-refractivity contribution in [3.63, 3.8) is 0 Å². The van der Waals surface area contributed by atoms with Gasteiger partial charge < -0.3 is 15.0 Å². The minimum absolute atomic E-state index is 0.193. The van der Waals surface area contributed by atoms with Crippen LogP contribution in [0.15, 0.2) is 30.3 Å². The van der Waals surface area contributed by atoms with Crippen LogP contribution in [0.25, 0.3) is 0 Å². The first-order valence-corrected chi connectivity index (χ1v) is 7.37. The highest BCUT2D eigenvalue weighted by atomic mass is 16.6. The van der Waals surface area contributed by atoms with Crippen molar-refractivity contribution < 1.29 is 9.53 Å². The van der Waals surface area contributed by atoms with Crippen LogP contribution in [0.2, 0.25) is 0 Å². The van der Waals surface area contributed by atoms with Gasteiger partial charge in [0.2, 0.25) is 0 Å². The molecule has 0 aromatic heterocycles. The Kier molecular flexibility index (Phi) is 5.41. The summed E-state index contributed by atoms with van der Waals surface area (Å²) in [4.78, 5) is 14.0. The Bertz CT molecular complexity index is 420. The van der Waals surface area contributed by atoms with Crippen molar-refractivity contribution in [2.45, 2.75) is 45.4 Å². The van der Waals surface area contributed by atoms with Gasteiger partial charge in [-0.3, -0.25) is 0 Å². The Hall–Kier alpha value is -1.55. The van der Waals surface area contributed by atoms with Gasteiger partial charge in [0.15, 0.2) is 0 Å². The number of hydrogen-bond donors (Lipinski definition) is 1. The zero-order chi connectivity index (χ0) is 14.4. The van der Waals surface area contributed by atoms with Gasteiger partial charge in [-0.1, -0.05) is 44.2 Å². The molecule has 1 N–H and O–H groups in total. The molecule has 4 nitrogen and oxygen atoms in total. The Morgan fingerprint density at radius 3 is 2.85 bits per heavy atom. The molecule has 1 aromatic rings. The average Bonchev–Trinajstić information content (AvgIpc) is 2.92. The zero-order valence-electron chi connectivity index (χ0n) is 12.3. The van der Waals surface area contributed by atoms with Gasteiger partial charge in [-0.15, -0.1) is 0 Å². The fourth-order valence-corrected chi connectivity index (χ4v) is 2.46. The van der Waals surface area contributed by atoms with E-state index in [1.807, 2.05) is 35.2 Å². The van der Waals surface area contributed by atoms with E-state index in [2.05, 4.69) is 19.2 Å². The third-order valence-corrected chi connectivity index (χ3v) is 3.58. The number of rotatable bonds is 5. The maximum Gasteiger partial charge on any atom is 0.410 e. The second kappa shape index (κ2) is 7.29. The number of likely N-dealkylation sites (tertiary alicyclic amines) is 1. The van der Waals surface area contributed by atoms with E-state index in [0.29, 0.717) is 12.6 Å². The lowest BCUT2D eigenvalue weighted by Crippen LogP contribution is -2.43. The van der Waals surface area contributed by atoms with Crippen molar-refractivity contribution in [2.75, 3.05) is 13.1 Å². The maximum absolute atomic E-state index is 12.1. The van der Waals surface area contributed by atoms with Crippen molar-refractivity contribution in [3.8, 4) is 0 Å². The summed E-state index contributed by atoms with van der Waals surface area (Å²) in [7, 11) is 0. The SMILES string of the molecule is CC(C)NC[C@H]1CCCN1C(=O)OCc1ccccc1. The maximum atomic E-state index is 12.1. The predicted octanol–water partition coefficient (Wildman–Crippen LogP) is 2.79. The number of nitrogens with one attached hydrogen (secondary N) is 1. The summed E-state index contributed by atoms with van der Waals surface area (Å²) in [6, 6.07) is 10.5. The second-order valence-corrected chi connectivity index (χ2v) is 5.59. The van der Waals surface area contributed by atoms with E-state index >= 15 is 0 Å². The van der Waals surface area contributed by atoms with Gasteiger partial charge in [-0.25, -0.2) is 4.79 Å². The van der Waals surface area contributed by atoms with Crippen LogP contribution in [0.5, 0.6) is 0 Å². The van der Waals surface area contributed by atoms with Crippen LogP contribution < -0.4 is 5.32 Å². The number of carbonyl (C=O) groups is 1. The van der Waals surface area contributed by atoms with E-state index in [-0.39, 0.29) is 12.1 Å². The number of carbonyl (C=O) groups excluding carboxylic acids is 1. The molecule has 0 bridgehead atoms. The van der Waals surface area contributed by atoms with Crippen LogP contribution in [-0.4, -0.2) is 36.2 Å². The van der Waals surface area contributed by atoms with Crippen molar-refractivity contribution in [1.82, 2.24) is 10.2 Å². The molecule has 2 rings (SSSR count). The molecule has 0 radical (unpaired) electrons. The van der Waals surface area contributed by atoms with Gasteiger partial charge in [-0.05, 0) is 18.4 Å². The highest BCUT2D eigenvalue weighted by Gasteiger charge is 2.29. The summed E-state index contributed by atoms with van der Waals surface area (Å²) in [5.74, 6) is 0. The molecule has 1 aromatic carbocycles. The lowest BCUT2D eigenvalue weighted by molar-refractivity contribution is 0.0916. The number of benzene rings is 1. The molecule has 0 aliphatic carbocycles. The summed E-state index contributed by atoms with van der Waals surface area (Å²) in [5.41, 5.74) is 1.02. The molecule has 4 heteroatoms. The Morgan fingerprint density at radius 1 is 1.40 bits per heavy atom. The minimum Gasteiger partial charge on any atom is -0.445 e. The van der Waals surface area contributed by atoms with Gasteiger partial charge in [0.1, 0.15) is 6.61 Å². The smallest absolute Gasteiger partial charge is 0.410 e. The molecule has 1 aliphatic rings. The van der Waals surface area contributed by atoms with Gasteiger partial charge in [0, 0.05) is 25.2 Å². The lowest BCUT2D eigenvalue weighted by atomic mass is 10.2. The van der Waals surface area contributed by atoms with Crippen LogP contribution in [0.3, 0.4) is 0 Å². The quantitative estimate of drug-likeness (QED) is 0.899. The number of amides is 1. The van der Waals surface area contributed by atoms with Crippen LogP contribution in [0.1, 0.15) is 32.3 Å². The molecule has 0 unspecified atom stereocenters. The van der Waals surface area contributed by atoms with Crippen molar-refractivity contribution in [3.05, 3.63) is 35.9 Å². The molecule has 0 spiro atoms. The van der Waals surface area contributed by atoms with Crippen LogP contribution in [0.4, 0.5) is 4.79 Å². The highest BCUT2D eigenvalue weighted by molar-refractivity contribution is 5.68. The van der Waals surface area contributed by atoms with Crippen LogP contribution >= 0.6 is 0 Å². The fourth-order valence-electron chi connectivity index (χ4n) is 2.46. The van der Waals surface area contributed by atoms with Gasteiger partial charge in [-0.2, -0.15) is 0 Å². The number of ether oxygens (including phenoxy) is 1. The summed E-state index contributed by atoms with van der Waals surface area (Å²) >= 11 is 0. The number of nitrogens with zero attached hydrogens (tertiary/aromatic N) is 1. The van der Waals surface area contributed by atoms with E-state index in [1.165, 1.54) is 0 Å². The first kappa shape index (κ1) is 14.9. The number of hydrogen-bond acceptors (Lipinski definition) is 3. The van der Waals surface area contributed by atoms with E-state index < -0.39 is 0 Å². The van der Waals surface area contributed by atoms with E-state index in [1.54, 1.807) is 0 Å². The zero-order valence-corrected chi connectivity index (χ0v) is 12.3. The summed E-state index contributed by atoms with van der Waals surface area (Å²) in [6.45, 7) is 6.23. The summed E-state index contributed by atoms with van der Waals surface area (Å²) in [5, 5.41) is 3.40. The lowest BCUT2D eigenvalue weighted by Gasteiger charge is -2.25. The first-order valence-electron chi connectivity index (χ1n) is 7.37.